The fourth-order valence-electron chi connectivity index (χ4n) is 2.08. The molecule has 7 heteroatoms. The monoisotopic (exact) mass is 305 g/mol. The maximum Gasteiger partial charge on any atom is 0.250 e. The third-order valence-corrected chi connectivity index (χ3v) is 6.39. The maximum atomic E-state index is 12.1. The minimum atomic E-state index is -3.44. The molecule has 5 nitrogen and oxygen atoms in total. The van der Waals surface area contributed by atoms with Gasteiger partial charge in [-0.3, -0.25) is 0 Å². The van der Waals surface area contributed by atoms with Crippen LogP contribution in [0.5, 0.6) is 0 Å². The zero-order valence-corrected chi connectivity index (χ0v) is 12.5. The molecule has 2 atom stereocenters. The van der Waals surface area contributed by atoms with E-state index < -0.39 is 10.0 Å². The van der Waals surface area contributed by atoms with Crippen LogP contribution < -0.4 is 4.72 Å². The van der Waals surface area contributed by atoms with Gasteiger partial charge in [-0.05, 0) is 25.5 Å². The molecule has 2 heterocycles. The highest BCUT2D eigenvalue weighted by molar-refractivity contribution is 7.91. The van der Waals surface area contributed by atoms with Gasteiger partial charge >= 0.3 is 0 Å². The third kappa shape index (κ3) is 3.76. The molecular weight excluding hydrogens is 286 g/mol. The van der Waals surface area contributed by atoms with Gasteiger partial charge in [0.05, 0.1) is 6.10 Å². The topological polar surface area (TPSA) is 75.6 Å². The van der Waals surface area contributed by atoms with E-state index in [9.17, 15) is 8.42 Å². The van der Waals surface area contributed by atoms with Gasteiger partial charge in [0.2, 0.25) is 10.0 Å². The van der Waals surface area contributed by atoms with E-state index in [1.54, 1.807) is 12.1 Å². The summed E-state index contributed by atoms with van der Waals surface area (Å²) in [7, 11) is -3.44. The van der Waals surface area contributed by atoms with Crippen LogP contribution in [0.15, 0.2) is 16.3 Å². The van der Waals surface area contributed by atoms with E-state index >= 15 is 0 Å². The fourth-order valence-corrected chi connectivity index (χ4v) is 4.56. The van der Waals surface area contributed by atoms with Gasteiger partial charge in [0.1, 0.15) is 4.21 Å². The second-order valence-corrected chi connectivity index (χ2v) is 7.83. The van der Waals surface area contributed by atoms with Crippen LogP contribution in [-0.4, -0.2) is 39.4 Å². The van der Waals surface area contributed by atoms with Crippen molar-refractivity contribution in [3.8, 4) is 0 Å². The van der Waals surface area contributed by atoms with E-state index in [4.69, 9.17) is 9.84 Å². The van der Waals surface area contributed by atoms with Crippen molar-refractivity contribution < 1.29 is 18.3 Å². The molecule has 0 amide bonds. The predicted molar refractivity (Wildman–Crippen MR) is 73.8 cm³/mol. The van der Waals surface area contributed by atoms with E-state index in [1.165, 1.54) is 11.3 Å². The van der Waals surface area contributed by atoms with Crippen molar-refractivity contribution in [2.24, 2.45) is 5.92 Å². The van der Waals surface area contributed by atoms with Crippen molar-refractivity contribution in [2.45, 2.75) is 30.1 Å². The fraction of sp³-hybridized carbons (Fsp3) is 0.667. The zero-order valence-electron chi connectivity index (χ0n) is 10.8. The first kappa shape index (κ1) is 14.9. The quantitative estimate of drug-likeness (QED) is 0.822. The lowest BCUT2D eigenvalue weighted by molar-refractivity contribution is 0.107. The SMILES string of the molecule is CC1OCCC1CNS(=O)(=O)c1ccc(CCO)s1. The molecule has 19 heavy (non-hydrogen) atoms. The minimum absolute atomic E-state index is 0.0321. The van der Waals surface area contributed by atoms with Crippen LogP contribution in [0.2, 0.25) is 0 Å². The predicted octanol–water partition coefficient (Wildman–Crippen LogP) is 0.986. The molecule has 1 aliphatic rings. The first-order valence-electron chi connectivity index (χ1n) is 6.34. The van der Waals surface area contributed by atoms with Gasteiger partial charge in [-0.2, -0.15) is 0 Å². The Labute approximate surface area is 117 Å². The third-order valence-electron chi connectivity index (χ3n) is 3.33. The Balaban J connectivity index is 1.97. The number of sulfonamides is 1. The summed E-state index contributed by atoms with van der Waals surface area (Å²) in [6.45, 7) is 3.12. The molecule has 0 aromatic carbocycles. The van der Waals surface area contributed by atoms with Crippen LogP contribution in [0.1, 0.15) is 18.2 Å². The number of ether oxygens (including phenoxy) is 1. The van der Waals surface area contributed by atoms with Gasteiger partial charge in [0.25, 0.3) is 0 Å². The molecule has 2 rings (SSSR count). The molecule has 108 valence electrons. The lowest BCUT2D eigenvalue weighted by Gasteiger charge is -2.14. The van der Waals surface area contributed by atoms with E-state index in [0.29, 0.717) is 23.8 Å². The molecule has 0 spiro atoms. The second-order valence-electron chi connectivity index (χ2n) is 4.67. The number of aliphatic hydroxyl groups excluding tert-OH is 1. The molecule has 0 radical (unpaired) electrons. The van der Waals surface area contributed by atoms with Crippen molar-refractivity contribution in [1.29, 1.82) is 0 Å². The van der Waals surface area contributed by atoms with E-state index in [2.05, 4.69) is 4.72 Å². The highest BCUT2D eigenvalue weighted by atomic mass is 32.2. The average Bonchev–Trinajstić information content (AvgIpc) is 2.97. The molecule has 1 aromatic heterocycles. The number of aliphatic hydroxyl groups is 1. The molecule has 2 unspecified atom stereocenters. The summed E-state index contributed by atoms with van der Waals surface area (Å²) >= 11 is 1.21. The maximum absolute atomic E-state index is 12.1. The Morgan fingerprint density at radius 2 is 2.32 bits per heavy atom. The molecule has 1 saturated heterocycles. The second kappa shape index (κ2) is 6.32. The van der Waals surface area contributed by atoms with E-state index in [-0.39, 0.29) is 18.6 Å². The van der Waals surface area contributed by atoms with Gasteiger partial charge in [0, 0.05) is 37.0 Å². The van der Waals surface area contributed by atoms with Crippen LogP contribution in [0.25, 0.3) is 0 Å². The molecular formula is C12H19NO4S2. The lowest BCUT2D eigenvalue weighted by Crippen LogP contribution is -2.31. The Morgan fingerprint density at radius 3 is 2.95 bits per heavy atom. The van der Waals surface area contributed by atoms with Gasteiger partial charge < -0.3 is 9.84 Å². The number of nitrogens with one attached hydrogen (secondary N) is 1. The van der Waals surface area contributed by atoms with Crippen LogP contribution in [0.3, 0.4) is 0 Å². The van der Waals surface area contributed by atoms with Crippen molar-refractivity contribution in [2.75, 3.05) is 19.8 Å². The van der Waals surface area contributed by atoms with Crippen molar-refractivity contribution >= 4 is 21.4 Å². The summed E-state index contributed by atoms with van der Waals surface area (Å²) in [6.07, 6.45) is 1.49. The van der Waals surface area contributed by atoms with Crippen molar-refractivity contribution in [1.82, 2.24) is 4.72 Å². The summed E-state index contributed by atoms with van der Waals surface area (Å²) in [5.41, 5.74) is 0. The van der Waals surface area contributed by atoms with E-state index in [1.807, 2.05) is 6.92 Å². The molecule has 2 N–H and O–H groups in total. The summed E-state index contributed by atoms with van der Waals surface area (Å²) in [4.78, 5) is 0.875. The summed E-state index contributed by atoms with van der Waals surface area (Å²) < 4.78 is 32.6. The van der Waals surface area contributed by atoms with Crippen LogP contribution in [-0.2, 0) is 21.2 Å². The van der Waals surface area contributed by atoms with Crippen molar-refractivity contribution in [3.63, 3.8) is 0 Å². The molecule has 1 aromatic rings. The van der Waals surface area contributed by atoms with Crippen LogP contribution in [0, 0.1) is 5.92 Å². The first-order chi connectivity index (χ1) is 9.03. The highest BCUT2D eigenvalue weighted by Crippen LogP contribution is 2.23. The minimum Gasteiger partial charge on any atom is -0.396 e. The van der Waals surface area contributed by atoms with Crippen LogP contribution in [0.4, 0.5) is 0 Å². The number of thiophene rings is 1. The van der Waals surface area contributed by atoms with Gasteiger partial charge in [-0.25, -0.2) is 13.1 Å². The van der Waals surface area contributed by atoms with Gasteiger partial charge in [-0.1, -0.05) is 0 Å². The molecule has 0 saturated carbocycles. The normalized spacial score (nSPS) is 23.9. The summed E-state index contributed by atoms with van der Waals surface area (Å²) in [5.74, 6) is 0.242. The summed E-state index contributed by atoms with van der Waals surface area (Å²) in [6, 6.07) is 3.34. The number of hydrogen-bond donors (Lipinski definition) is 2. The van der Waals surface area contributed by atoms with Gasteiger partial charge in [-0.15, -0.1) is 11.3 Å². The van der Waals surface area contributed by atoms with E-state index in [0.717, 1.165) is 11.3 Å². The van der Waals surface area contributed by atoms with Gasteiger partial charge in [0.15, 0.2) is 0 Å². The lowest BCUT2D eigenvalue weighted by atomic mass is 10.0. The molecule has 0 aliphatic carbocycles. The molecule has 0 bridgehead atoms. The number of hydrogen-bond acceptors (Lipinski definition) is 5. The Bertz CT molecular complexity index is 512. The molecule has 1 fully saturated rings. The zero-order chi connectivity index (χ0) is 13.9. The summed E-state index contributed by atoms with van der Waals surface area (Å²) in [5, 5.41) is 8.84. The standard InChI is InChI=1S/C12H19NO4S2/c1-9-10(5-7-17-9)8-13-19(15,16)12-3-2-11(18-12)4-6-14/h2-3,9-10,13-14H,4-8H2,1H3. The average molecular weight is 305 g/mol. The first-order valence-corrected chi connectivity index (χ1v) is 8.64. The smallest absolute Gasteiger partial charge is 0.250 e. The Morgan fingerprint density at radius 1 is 1.53 bits per heavy atom. The Hall–Kier alpha value is -0.470. The molecule has 1 aliphatic heterocycles. The largest absolute Gasteiger partial charge is 0.396 e. The Kier molecular flexibility index (Phi) is 4.97. The van der Waals surface area contributed by atoms with Crippen molar-refractivity contribution in [3.05, 3.63) is 17.0 Å². The highest BCUT2D eigenvalue weighted by Gasteiger charge is 2.26. The van der Waals surface area contributed by atoms with Crippen LogP contribution >= 0.6 is 11.3 Å². The number of rotatable bonds is 6.